The molecule has 204 valence electrons. The molecule has 2 aromatic carbocycles. The molecule has 1 fully saturated rings. The summed E-state index contributed by atoms with van der Waals surface area (Å²) in [7, 11) is 0. The maximum atomic E-state index is 13.5. The van der Waals surface area contributed by atoms with Crippen LogP contribution >= 0.6 is 0 Å². The molecule has 4 aromatic rings. The smallest absolute Gasteiger partial charge is 0.395 e. The second-order valence-corrected chi connectivity index (χ2v) is 11.2. The number of alkyl halides is 2. The van der Waals surface area contributed by atoms with Crippen LogP contribution in [0.4, 0.5) is 14.5 Å². The van der Waals surface area contributed by atoms with Crippen LogP contribution in [-0.4, -0.2) is 48.6 Å². The lowest BCUT2D eigenvalue weighted by molar-refractivity contribution is -0.286. The number of aliphatic hydroxyl groups excluding tert-OH is 1. The molecule has 0 radical (unpaired) electrons. The SMILES string of the molecule is CC(C)(C)c1cc2cc(NC(=O)C3(c4ccc5c(c4)OC(F)(F)O5)CC3)ccc2n1CC(O)Cc1nn[nH]n1. The zero-order chi connectivity index (χ0) is 27.6. The summed E-state index contributed by atoms with van der Waals surface area (Å²) in [6, 6.07) is 12.2. The van der Waals surface area contributed by atoms with Gasteiger partial charge in [0.2, 0.25) is 5.91 Å². The molecule has 0 bridgehead atoms. The van der Waals surface area contributed by atoms with Gasteiger partial charge in [0.25, 0.3) is 0 Å². The lowest BCUT2D eigenvalue weighted by Gasteiger charge is -2.23. The second-order valence-electron chi connectivity index (χ2n) is 11.2. The number of aliphatic hydroxyl groups is 1. The molecule has 0 spiro atoms. The largest absolute Gasteiger partial charge is 0.586 e. The number of nitrogens with zero attached hydrogens (tertiary/aromatic N) is 4. The zero-order valence-electron chi connectivity index (χ0n) is 21.7. The Kier molecular flexibility index (Phi) is 5.65. The first kappa shape index (κ1) is 25.2. The van der Waals surface area contributed by atoms with Crippen molar-refractivity contribution in [1.82, 2.24) is 25.2 Å². The predicted molar refractivity (Wildman–Crippen MR) is 137 cm³/mol. The number of hydrogen-bond donors (Lipinski definition) is 3. The van der Waals surface area contributed by atoms with Crippen molar-refractivity contribution >= 4 is 22.5 Å². The third-order valence-corrected chi connectivity index (χ3v) is 7.27. The van der Waals surface area contributed by atoms with E-state index in [2.05, 4.69) is 66.8 Å². The normalized spacial score (nSPS) is 17.8. The van der Waals surface area contributed by atoms with E-state index in [9.17, 15) is 18.7 Å². The molecule has 6 rings (SSSR count). The summed E-state index contributed by atoms with van der Waals surface area (Å²) in [5.74, 6) is 0.104. The van der Waals surface area contributed by atoms with Gasteiger partial charge in [-0.2, -0.15) is 5.21 Å². The fourth-order valence-corrected chi connectivity index (χ4v) is 5.19. The number of amides is 1. The highest BCUT2D eigenvalue weighted by Gasteiger charge is 2.52. The molecule has 39 heavy (non-hydrogen) atoms. The molecular formula is C27H28F2N6O4. The summed E-state index contributed by atoms with van der Waals surface area (Å²) in [5, 5.41) is 28.5. The highest BCUT2D eigenvalue weighted by Crippen LogP contribution is 2.52. The number of carbonyl (C=O) groups excluding carboxylic acids is 1. The Morgan fingerprint density at radius 3 is 2.62 bits per heavy atom. The van der Waals surface area contributed by atoms with Crippen LogP contribution in [0.25, 0.3) is 10.9 Å². The summed E-state index contributed by atoms with van der Waals surface area (Å²) in [5.41, 5.74) is 2.16. The van der Waals surface area contributed by atoms with Crippen molar-refractivity contribution in [1.29, 1.82) is 0 Å². The molecule has 2 aliphatic rings. The molecule has 3 N–H and O–H groups in total. The molecule has 1 saturated carbocycles. The summed E-state index contributed by atoms with van der Waals surface area (Å²) in [6.07, 6.45) is -2.98. The molecule has 1 unspecified atom stereocenters. The predicted octanol–water partition coefficient (Wildman–Crippen LogP) is 4.05. The first-order chi connectivity index (χ1) is 18.4. The van der Waals surface area contributed by atoms with Crippen LogP contribution < -0.4 is 14.8 Å². The van der Waals surface area contributed by atoms with Crippen molar-refractivity contribution in [3.05, 3.63) is 59.5 Å². The van der Waals surface area contributed by atoms with E-state index in [1.807, 2.05) is 18.2 Å². The van der Waals surface area contributed by atoms with E-state index in [1.165, 1.54) is 12.1 Å². The molecule has 1 amide bonds. The maximum absolute atomic E-state index is 13.5. The summed E-state index contributed by atoms with van der Waals surface area (Å²) >= 11 is 0. The van der Waals surface area contributed by atoms with E-state index >= 15 is 0 Å². The Morgan fingerprint density at radius 2 is 1.92 bits per heavy atom. The first-order valence-electron chi connectivity index (χ1n) is 12.7. The van der Waals surface area contributed by atoms with Crippen LogP contribution in [0.5, 0.6) is 11.5 Å². The fraction of sp³-hybridized carbons (Fsp3) is 0.407. The molecule has 0 saturated heterocycles. The number of anilines is 1. The number of halogens is 2. The van der Waals surface area contributed by atoms with E-state index in [-0.39, 0.29) is 29.2 Å². The fourth-order valence-electron chi connectivity index (χ4n) is 5.19. The Hall–Kier alpha value is -4.06. The number of tetrazole rings is 1. The van der Waals surface area contributed by atoms with Crippen molar-refractivity contribution < 1.29 is 28.2 Å². The number of hydrogen-bond acceptors (Lipinski definition) is 7. The topological polar surface area (TPSA) is 127 Å². The molecule has 12 heteroatoms. The van der Waals surface area contributed by atoms with Gasteiger partial charge in [-0.25, -0.2) is 0 Å². The molecule has 1 aliphatic heterocycles. The van der Waals surface area contributed by atoms with Crippen LogP contribution in [0.15, 0.2) is 42.5 Å². The van der Waals surface area contributed by atoms with Gasteiger partial charge in [-0.05, 0) is 54.8 Å². The lowest BCUT2D eigenvalue weighted by atomic mass is 9.92. The van der Waals surface area contributed by atoms with Gasteiger partial charge in [-0.15, -0.1) is 19.0 Å². The molecule has 1 atom stereocenters. The highest BCUT2D eigenvalue weighted by atomic mass is 19.3. The van der Waals surface area contributed by atoms with Gasteiger partial charge >= 0.3 is 6.29 Å². The van der Waals surface area contributed by atoms with Crippen LogP contribution in [0.2, 0.25) is 0 Å². The minimum atomic E-state index is -3.71. The number of aromatic nitrogens is 5. The number of benzene rings is 2. The van der Waals surface area contributed by atoms with Crippen molar-refractivity contribution in [2.24, 2.45) is 0 Å². The van der Waals surface area contributed by atoms with E-state index in [4.69, 9.17) is 0 Å². The molecule has 1 aliphatic carbocycles. The number of rotatable bonds is 7. The van der Waals surface area contributed by atoms with Gasteiger partial charge < -0.3 is 24.5 Å². The van der Waals surface area contributed by atoms with Gasteiger partial charge in [-0.1, -0.05) is 32.1 Å². The molecular weight excluding hydrogens is 510 g/mol. The number of fused-ring (bicyclic) bond motifs is 2. The van der Waals surface area contributed by atoms with E-state index in [0.717, 1.165) is 16.6 Å². The van der Waals surface area contributed by atoms with Crippen LogP contribution in [0.3, 0.4) is 0 Å². The number of H-pyrrole nitrogens is 1. The van der Waals surface area contributed by atoms with E-state index in [1.54, 1.807) is 6.07 Å². The summed E-state index contributed by atoms with van der Waals surface area (Å²) in [4.78, 5) is 13.4. The standard InChI is InChI=1S/C27H28F2N6O4/c1-25(2,3)22-11-15-10-17(5-6-19(15)35(22)14-18(36)13-23-31-33-34-32-23)30-24(37)26(8-9-26)16-4-7-20-21(12-16)39-27(28,29)38-20/h4-7,10-12,18,36H,8-9,13-14H2,1-3H3,(H,30,37)(H,31,32,33,34). The minimum absolute atomic E-state index is 0.0491. The Morgan fingerprint density at radius 1 is 1.15 bits per heavy atom. The minimum Gasteiger partial charge on any atom is -0.395 e. The monoisotopic (exact) mass is 538 g/mol. The van der Waals surface area contributed by atoms with Crippen LogP contribution in [-0.2, 0) is 28.6 Å². The quantitative estimate of drug-likeness (QED) is 0.324. The molecule has 10 nitrogen and oxygen atoms in total. The van der Waals surface area contributed by atoms with Crippen molar-refractivity contribution in [2.75, 3.05) is 5.32 Å². The van der Waals surface area contributed by atoms with Crippen LogP contribution in [0, 0.1) is 0 Å². The summed E-state index contributed by atoms with van der Waals surface area (Å²) < 4.78 is 38.1. The van der Waals surface area contributed by atoms with Gasteiger partial charge in [0.1, 0.15) is 0 Å². The van der Waals surface area contributed by atoms with Gasteiger partial charge in [0, 0.05) is 40.7 Å². The van der Waals surface area contributed by atoms with Crippen LogP contribution in [0.1, 0.15) is 50.7 Å². The van der Waals surface area contributed by atoms with Crippen molar-refractivity contribution in [3.8, 4) is 11.5 Å². The number of nitrogens with one attached hydrogen (secondary N) is 2. The second kappa shape index (κ2) is 8.73. The van der Waals surface area contributed by atoms with Gasteiger partial charge in [0.05, 0.1) is 11.5 Å². The Bertz CT molecular complexity index is 1560. The number of aromatic amines is 1. The molecule has 3 heterocycles. The number of ether oxygens (including phenoxy) is 2. The van der Waals surface area contributed by atoms with Crippen molar-refractivity contribution in [2.45, 2.75) is 69.8 Å². The van der Waals surface area contributed by atoms with E-state index < -0.39 is 17.8 Å². The van der Waals surface area contributed by atoms with Gasteiger partial charge in [0.15, 0.2) is 17.3 Å². The Labute approximate surface area is 222 Å². The zero-order valence-corrected chi connectivity index (χ0v) is 21.7. The van der Waals surface area contributed by atoms with Crippen molar-refractivity contribution in [3.63, 3.8) is 0 Å². The van der Waals surface area contributed by atoms with Gasteiger partial charge in [-0.3, -0.25) is 4.79 Å². The third-order valence-electron chi connectivity index (χ3n) is 7.27. The summed E-state index contributed by atoms with van der Waals surface area (Å²) in [6.45, 7) is 6.64. The first-order valence-corrected chi connectivity index (χ1v) is 12.7. The highest BCUT2D eigenvalue weighted by molar-refractivity contribution is 6.02. The van der Waals surface area contributed by atoms with E-state index in [0.29, 0.717) is 36.5 Å². The number of carbonyl (C=O) groups is 1. The average Bonchev–Trinajstić information content (AvgIpc) is 3.18. The average molecular weight is 539 g/mol. The lowest BCUT2D eigenvalue weighted by Crippen LogP contribution is -2.28. The Balaban J connectivity index is 1.24. The third kappa shape index (κ3) is 4.69. The molecule has 2 aromatic heterocycles. The maximum Gasteiger partial charge on any atom is 0.586 e.